The molecular formula is C23H24ClN5O2. The molecule has 4 rings (SSSR count). The van der Waals surface area contributed by atoms with Gasteiger partial charge in [0.25, 0.3) is 11.9 Å². The Balaban J connectivity index is 1.54. The van der Waals surface area contributed by atoms with Crippen molar-refractivity contribution in [3.8, 4) is 0 Å². The number of hydrogen-bond acceptors (Lipinski definition) is 6. The molecule has 0 radical (unpaired) electrons. The number of fused-ring (bicyclic) bond motifs is 1. The van der Waals surface area contributed by atoms with E-state index in [9.17, 15) is 4.79 Å². The van der Waals surface area contributed by atoms with Gasteiger partial charge in [-0.15, -0.1) is 0 Å². The number of amides is 1. The van der Waals surface area contributed by atoms with Crippen LogP contribution in [0.5, 0.6) is 0 Å². The third-order valence-electron chi connectivity index (χ3n) is 5.31. The van der Waals surface area contributed by atoms with Crippen LogP contribution in [-0.2, 0) is 4.79 Å². The van der Waals surface area contributed by atoms with Crippen LogP contribution in [0.15, 0.2) is 70.2 Å². The van der Waals surface area contributed by atoms with Crippen molar-refractivity contribution in [1.82, 2.24) is 9.88 Å². The maximum Gasteiger partial charge on any atom is 0.298 e. The molecule has 31 heavy (non-hydrogen) atoms. The van der Waals surface area contributed by atoms with Crippen LogP contribution in [0.4, 0.5) is 11.7 Å². The molecule has 2 heterocycles. The average Bonchev–Trinajstić information content (AvgIpc) is 3.09. The smallest absolute Gasteiger partial charge is 0.298 e. The van der Waals surface area contributed by atoms with Gasteiger partial charge in [-0.1, -0.05) is 29.8 Å². The Hall–Kier alpha value is -3.32. The highest BCUT2D eigenvalue weighted by Crippen LogP contribution is 2.26. The van der Waals surface area contributed by atoms with E-state index in [1.54, 1.807) is 18.2 Å². The molecule has 0 spiro atoms. The molecule has 1 atom stereocenters. The number of para-hydroxylation sites is 1. The van der Waals surface area contributed by atoms with Crippen LogP contribution in [0.2, 0.25) is 5.02 Å². The predicted octanol–water partition coefficient (Wildman–Crippen LogP) is 4.15. The largest absolute Gasteiger partial charge is 0.423 e. The Morgan fingerprint density at radius 3 is 2.81 bits per heavy atom. The summed E-state index contributed by atoms with van der Waals surface area (Å²) < 4.78 is 5.92. The van der Waals surface area contributed by atoms with Crippen molar-refractivity contribution < 1.29 is 9.21 Å². The first kappa shape index (κ1) is 20.9. The Kier molecular flexibility index (Phi) is 6.23. The number of aromatic nitrogens is 1. The van der Waals surface area contributed by atoms with Gasteiger partial charge in [-0.3, -0.25) is 4.79 Å². The SMILES string of the molecule is CC1CCN(c2nc3cc(Cl)ccc3o2)CCN1C(=O)C(/C=C\N)=Nc1ccccc1. The lowest BCUT2D eigenvalue weighted by Crippen LogP contribution is -2.43. The van der Waals surface area contributed by atoms with Crippen LogP contribution in [-0.4, -0.2) is 47.2 Å². The minimum atomic E-state index is -0.149. The third kappa shape index (κ3) is 4.72. The Labute approximate surface area is 185 Å². The van der Waals surface area contributed by atoms with Gasteiger partial charge in [-0.05, 0) is 56.0 Å². The van der Waals surface area contributed by atoms with Gasteiger partial charge in [0.2, 0.25) is 0 Å². The van der Waals surface area contributed by atoms with E-state index in [1.165, 1.54) is 6.20 Å². The number of carbonyl (C=O) groups excluding carboxylic acids is 1. The number of aliphatic imine (C=N–C) groups is 1. The summed E-state index contributed by atoms with van der Waals surface area (Å²) in [6.45, 7) is 3.89. The van der Waals surface area contributed by atoms with Gasteiger partial charge in [-0.2, -0.15) is 4.98 Å². The van der Waals surface area contributed by atoms with E-state index in [1.807, 2.05) is 48.2 Å². The summed E-state index contributed by atoms with van der Waals surface area (Å²) in [6.07, 6.45) is 3.67. The van der Waals surface area contributed by atoms with Crippen LogP contribution >= 0.6 is 11.6 Å². The van der Waals surface area contributed by atoms with Gasteiger partial charge in [0.05, 0.1) is 5.69 Å². The first-order valence-electron chi connectivity index (χ1n) is 10.2. The van der Waals surface area contributed by atoms with Crippen LogP contribution in [0.1, 0.15) is 13.3 Å². The zero-order valence-corrected chi connectivity index (χ0v) is 18.0. The molecule has 1 saturated heterocycles. The lowest BCUT2D eigenvalue weighted by Gasteiger charge is -2.26. The summed E-state index contributed by atoms with van der Waals surface area (Å²) in [7, 11) is 0. The van der Waals surface area contributed by atoms with E-state index in [0.29, 0.717) is 41.1 Å². The molecule has 160 valence electrons. The van der Waals surface area contributed by atoms with E-state index < -0.39 is 0 Å². The summed E-state index contributed by atoms with van der Waals surface area (Å²) in [4.78, 5) is 26.3. The quantitative estimate of drug-likeness (QED) is 0.619. The average molecular weight is 438 g/mol. The van der Waals surface area contributed by atoms with E-state index in [-0.39, 0.29) is 11.9 Å². The van der Waals surface area contributed by atoms with Gasteiger partial charge >= 0.3 is 0 Å². The molecule has 0 bridgehead atoms. The van der Waals surface area contributed by atoms with Crippen molar-refractivity contribution in [2.24, 2.45) is 10.7 Å². The Bertz CT molecular complexity index is 1130. The van der Waals surface area contributed by atoms with Crippen LogP contribution < -0.4 is 10.6 Å². The van der Waals surface area contributed by atoms with Gasteiger partial charge in [0.1, 0.15) is 11.2 Å². The second-order valence-corrected chi connectivity index (χ2v) is 7.86. The first-order valence-corrected chi connectivity index (χ1v) is 10.6. The Morgan fingerprint density at radius 2 is 2.03 bits per heavy atom. The lowest BCUT2D eigenvalue weighted by atomic mass is 10.2. The van der Waals surface area contributed by atoms with Crippen LogP contribution in [0, 0.1) is 0 Å². The molecule has 1 aliphatic rings. The maximum absolute atomic E-state index is 13.3. The first-order chi connectivity index (χ1) is 15.0. The van der Waals surface area contributed by atoms with E-state index in [0.717, 1.165) is 18.5 Å². The number of benzene rings is 2. The number of oxazole rings is 1. The molecule has 7 nitrogen and oxygen atoms in total. The molecule has 1 fully saturated rings. The topological polar surface area (TPSA) is 88.0 Å². The Morgan fingerprint density at radius 1 is 1.23 bits per heavy atom. The fourth-order valence-electron chi connectivity index (χ4n) is 3.61. The zero-order valence-electron chi connectivity index (χ0n) is 17.2. The van der Waals surface area contributed by atoms with Crippen molar-refractivity contribution in [3.05, 3.63) is 65.8 Å². The highest BCUT2D eigenvalue weighted by molar-refractivity contribution is 6.43. The number of anilines is 1. The fourth-order valence-corrected chi connectivity index (χ4v) is 3.78. The zero-order chi connectivity index (χ0) is 21.8. The van der Waals surface area contributed by atoms with E-state index in [4.69, 9.17) is 21.8 Å². The van der Waals surface area contributed by atoms with E-state index >= 15 is 0 Å². The highest BCUT2D eigenvalue weighted by atomic mass is 35.5. The number of nitrogens with two attached hydrogens (primary N) is 1. The van der Waals surface area contributed by atoms with Crippen LogP contribution in [0.25, 0.3) is 11.1 Å². The maximum atomic E-state index is 13.3. The molecule has 0 saturated carbocycles. The van der Waals surface area contributed by atoms with Crippen molar-refractivity contribution in [1.29, 1.82) is 0 Å². The molecule has 1 unspecified atom stereocenters. The summed E-state index contributed by atoms with van der Waals surface area (Å²) in [5, 5.41) is 0.617. The number of rotatable bonds is 4. The van der Waals surface area contributed by atoms with Crippen LogP contribution in [0.3, 0.4) is 0 Å². The molecule has 2 aromatic carbocycles. The van der Waals surface area contributed by atoms with Crippen molar-refractivity contribution in [2.75, 3.05) is 24.5 Å². The van der Waals surface area contributed by atoms with Crippen molar-refractivity contribution >= 4 is 46.0 Å². The number of halogens is 1. The summed E-state index contributed by atoms with van der Waals surface area (Å²) in [5.41, 5.74) is 8.02. The van der Waals surface area contributed by atoms with Gasteiger partial charge in [-0.25, -0.2) is 4.99 Å². The molecule has 1 aliphatic heterocycles. The van der Waals surface area contributed by atoms with Gasteiger partial charge in [0.15, 0.2) is 5.58 Å². The second-order valence-electron chi connectivity index (χ2n) is 7.42. The predicted molar refractivity (Wildman–Crippen MR) is 124 cm³/mol. The monoisotopic (exact) mass is 437 g/mol. The molecule has 1 amide bonds. The minimum Gasteiger partial charge on any atom is -0.423 e. The van der Waals surface area contributed by atoms with Crippen molar-refractivity contribution in [3.63, 3.8) is 0 Å². The highest BCUT2D eigenvalue weighted by Gasteiger charge is 2.28. The molecule has 2 N–H and O–H groups in total. The van der Waals surface area contributed by atoms with Crippen molar-refractivity contribution in [2.45, 2.75) is 19.4 Å². The number of hydrogen-bond donors (Lipinski definition) is 1. The summed E-state index contributed by atoms with van der Waals surface area (Å²) in [5.74, 6) is -0.149. The molecule has 3 aromatic rings. The number of carbonyl (C=O) groups is 1. The second kappa shape index (κ2) is 9.22. The third-order valence-corrected chi connectivity index (χ3v) is 5.54. The van der Waals surface area contributed by atoms with E-state index in [2.05, 4.69) is 14.9 Å². The fraction of sp³-hybridized carbons (Fsp3) is 0.261. The van der Waals surface area contributed by atoms with Gasteiger partial charge < -0.3 is 20.0 Å². The lowest BCUT2D eigenvalue weighted by molar-refractivity contribution is -0.125. The van der Waals surface area contributed by atoms with Gasteiger partial charge in [0, 0.05) is 30.7 Å². The summed E-state index contributed by atoms with van der Waals surface area (Å²) >= 11 is 6.06. The molecule has 0 aliphatic carbocycles. The standard InChI is InChI=1S/C23H24ClN5O2/c1-16-10-12-28(23-27-20-15-17(24)7-8-21(20)31-23)13-14-29(16)22(30)19(9-11-25)26-18-5-3-2-4-6-18/h2-9,11,15-16H,10,12-14,25H2,1H3/b11-9-,26-19?. The summed E-state index contributed by atoms with van der Waals surface area (Å²) in [6, 6.07) is 15.3. The normalized spacial score (nSPS) is 18.0. The molecule has 1 aromatic heterocycles. The molecule has 8 heteroatoms. The molecular weight excluding hydrogens is 414 g/mol. The minimum absolute atomic E-state index is 0.0310. The number of nitrogens with zero attached hydrogens (tertiary/aromatic N) is 4.